The molecule has 0 aromatic rings. The SMILES string of the molecule is CCCCCOC1O[C@@H](C)[C@H](O)[C@@H](O)[C@H]1O. The van der Waals surface area contributed by atoms with Crippen molar-refractivity contribution in [2.24, 2.45) is 0 Å². The van der Waals surface area contributed by atoms with Gasteiger partial charge in [-0.25, -0.2) is 0 Å². The van der Waals surface area contributed by atoms with Gasteiger partial charge in [0, 0.05) is 6.61 Å². The van der Waals surface area contributed by atoms with Crippen LogP contribution in [0.2, 0.25) is 0 Å². The minimum Gasteiger partial charge on any atom is -0.388 e. The summed E-state index contributed by atoms with van der Waals surface area (Å²) in [5.74, 6) is 0. The third-order valence-electron chi connectivity index (χ3n) is 2.84. The lowest BCUT2D eigenvalue weighted by Crippen LogP contribution is -2.57. The molecule has 5 nitrogen and oxygen atoms in total. The molecule has 0 bridgehead atoms. The van der Waals surface area contributed by atoms with Gasteiger partial charge in [-0.3, -0.25) is 0 Å². The Labute approximate surface area is 96.0 Å². The van der Waals surface area contributed by atoms with Crippen molar-refractivity contribution in [3.63, 3.8) is 0 Å². The van der Waals surface area contributed by atoms with Gasteiger partial charge in [0.05, 0.1) is 6.10 Å². The van der Waals surface area contributed by atoms with E-state index in [4.69, 9.17) is 9.47 Å². The summed E-state index contributed by atoms with van der Waals surface area (Å²) in [4.78, 5) is 0. The molecule has 5 atom stereocenters. The van der Waals surface area contributed by atoms with Gasteiger partial charge in [-0.2, -0.15) is 0 Å². The Morgan fingerprint density at radius 3 is 2.38 bits per heavy atom. The van der Waals surface area contributed by atoms with Crippen LogP contribution in [0.1, 0.15) is 33.1 Å². The summed E-state index contributed by atoms with van der Waals surface area (Å²) in [5, 5.41) is 28.6. The lowest BCUT2D eigenvalue weighted by atomic mass is 10.0. The van der Waals surface area contributed by atoms with E-state index < -0.39 is 30.7 Å². The summed E-state index contributed by atoms with van der Waals surface area (Å²) in [6, 6.07) is 0. The van der Waals surface area contributed by atoms with E-state index >= 15 is 0 Å². The summed E-state index contributed by atoms with van der Waals surface area (Å²) < 4.78 is 10.6. The van der Waals surface area contributed by atoms with Crippen molar-refractivity contribution in [1.82, 2.24) is 0 Å². The highest BCUT2D eigenvalue weighted by Crippen LogP contribution is 2.21. The largest absolute Gasteiger partial charge is 0.388 e. The van der Waals surface area contributed by atoms with Gasteiger partial charge in [0.1, 0.15) is 18.3 Å². The Kier molecular flexibility index (Phi) is 5.64. The molecule has 0 radical (unpaired) electrons. The molecular formula is C11H22O5. The first-order chi connectivity index (χ1) is 7.57. The van der Waals surface area contributed by atoms with Crippen LogP contribution in [-0.2, 0) is 9.47 Å². The molecule has 1 fully saturated rings. The van der Waals surface area contributed by atoms with Gasteiger partial charge in [-0.05, 0) is 13.3 Å². The minimum atomic E-state index is -1.21. The molecular weight excluding hydrogens is 212 g/mol. The van der Waals surface area contributed by atoms with Gasteiger partial charge >= 0.3 is 0 Å². The topological polar surface area (TPSA) is 79.2 Å². The second-order valence-corrected chi connectivity index (χ2v) is 4.26. The Morgan fingerprint density at radius 1 is 1.06 bits per heavy atom. The van der Waals surface area contributed by atoms with Crippen LogP contribution in [-0.4, -0.2) is 52.6 Å². The molecule has 16 heavy (non-hydrogen) atoms. The average Bonchev–Trinajstić information content (AvgIpc) is 2.28. The Hall–Kier alpha value is -0.200. The summed E-state index contributed by atoms with van der Waals surface area (Å²) >= 11 is 0. The minimum absolute atomic E-state index is 0.491. The maximum absolute atomic E-state index is 9.62. The fourth-order valence-electron chi connectivity index (χ4n) is 1.70. The Bertz CT molecular complexity index is 199. The highest BCUT2D eigenvalue weighted by molar-refractivity contribution is 4.87. The summed E-state index contributed by atoms with van der Waals surface area (Å²) in [5.41, 5.74) is 0. The smallest absolute Gasteiger partial charge is 0.186 e. The molecule has 0 saturated carbocycles. The third kappa shape index (κ3) is 3.40. The van der Waals surface area contributed by atoms with Crippen LogP contribution in [0.4, 0.5) is 0 Å². The first kappa shape index (κ1) is 13.9. The van der Waals surface area contributed by atoms with E-state index in [1.807, 2.05) is 0 Å². The molecule has 3 N–H and O–H groups in total. The number of hydrogen-bond acceptors (Lipinski definition) is 5. The molecule has 0 spiro atoms. The van der Waals surface area contributed by atoms with Crippen molar-refractivity contribution >= 4 is 0 Å². The molecule has 1 unspecified atom stereocenters. The highest BCUT2D eigenvalue weighted by atomic mass is 16.7. The third-order valence-corrected chi connectivity index (χ3v) is 2.84. The standard InChI is InChI=1S/C11H22O5/c1-3-4-5-6-15-11-10(14)9(13)8(12)7(2)16-11/h7-14H,3-6H2,1-2H3/t7-,8-,9+,10+,11?/m0/s1. The van der Waals surface area contributed by atoms with Crippen molar-refractivity contribution < 1.29 is 24.8 Å². The summed E-state index contributed by atoms with van der Waals surface area (Å²) in [7, 11) is 0. The van der Waals surface area contributed by atoms with Crippen molar-refractivity contribution in [3.05, 3.63) is 0 Å². The van der Waals surface area contributed by atoms with Crippen LogP contribution in [0.3, 0.4) is 0 Å². The quantitative estimate of drug-likeness (QED) is 0.584. The van der Waals surface area contributed by atoms with E-state index in [0.717, 1.165) is 19.3 Å². The predicted molar refractivity (Wildman–Crippen MR) is 57.8 cm³/mol. The Morgan fingerprint density at radius 2 is 1.75 bits per heavy atom. The zero-order chi connectivity index (χ0) is 12.1. The first-order valence-corrected chi connectivity index (χ1v) is 5.89. The second kappa shape index (κ2) is 6.51. The number of aliphatic hydroxyl groups excluding tert-OH is 3. The van der Waals surface area contributed by atoms with E-state index in [-0.39, 0.29) is 0 Å². The van der Waals surface area contributed by atoms with E-state index in [1.54, 1.807) is 6.92 Å². The maximum atomic E-state index is 9.62. The normalized spacial score (nSPS) is 39.9. The maximum Gasteiger partial charge on any atom is 0.186 e. The monoisotopic (exact) mass is 234 g/mol. The number of ether oxygens (including phenoxy) is 2. The predicted octanol–water partition coefficient (Wildman–Crippen LogP) is 0.0207. The fraction of sp³-hybridized carbons (Fsp3) is 1.00. The molecule has 1 heterocycles. The van der Waals surface area contributed by atoms with E-state index in [0.29, 0.717) is 6.61 Å². The number of hydrogen-bond donors (Lipinski definition) is 3. The van der Waals surface area contributed by atoms with Crippen molar-refractivity contribution in [1.29, 1.82) is 0 Å². The molecule has 1 aliphatic heterocycles. The van der Waals surface area contributed by atoms with E-state index in [2.05, 4.69) is 6.92 Å². The molecule has 0 aromatic heterocycles. The van der Waals surface area contributed by atoms with Gasteiger partial charge in [0.15, 0.2) is 6.29 Å². The van der Waals surface area contributed by atoms with E-state index in [1.165, 1.54) is 0 Å². The molecule has 0 aliphatic carbocycles. The summed E-state index contributed by atoms with van der Waals surface area (Å²) in [6.07, 6.45) is -1.78. The number of aliphatic hydroxyl groups is 3. The summed E-state index contributed by atoms with van der Waals surface area (Å²) in [6.45, 7) is 4.22. The molecule has 1 saturated heterocycles. The first-order valence-electron chi connectivity index (χ1n) is 5.89. The second-order valence-electron chi connectivity index (χ2n) is 4.26. The van der Waals surface area contributed by atoms with Crippen LogP contribution in [0.25, 0.3) is 0 Å². The van der Waals surface area contributed by atoms with Gasteiger partial charge in [-0.1, -0.05) is 19.8 Å². The zero-order valence-corrected chi connectivity index (χ0v) is 9.87. The van der Waals surface area contributed by atoms with Gasteiger partial charge in [0.25, 0.3) is 0 Å². The highest BCUT2D eigenvalue weighted by Gasteiger charge is 2.42. The zero-order valence-electron chi connectivity index (χ0n) is 9.87. The number of rotatable bonds is 5. The average molecular weight is 234 g/mol. The van der Waals surface area contributed by atoms with Gasteiger partial charge in [0.2, 0.25) is 0 Å². The Balaban J connectivity index is 2.35. The van der Waals surface area contributed by atoms with Crippen molar-refractivity contribution in [2.75, 3.05) is 6.61 Å². The van der Waals surface area contributed by atoms with Crippen LogP contribution in [0.15, 0.2) is 0 Å². The van der Waals surface area contributed by atoms with Crippen LogP contribution < -0.4 is 0 Å². The van der Waals surface area contributed by atoms with E-state index in [9.17, 15) is 15.3 Å². The lowest BCUT2D eigenvalue weighted by Gasteiger charge is -2.38. The van der Waals surface area contributed by atoms with Crippen LogP contribution in [0, 0.1) is 0 Å². The fourth-order valence-corrected chi connectivity index (χ4v) is 1.70. The van der Waals surface area contributed by atoms with Gasteiger partial charge < -0.3 is 24.8 Å². The van der Waals surface area contributed by atoms with Crippen molar-refractivity contribution in [2.45, 2.75) is 63.8 Å². The number of unbranched alkanes of at least 4 members (excludes halogenated alkanes) is 2. The molecule has 1 aliphatic rings. The molecule has 0 aromatic carbocycles. The van der Waals surface area contributed by atoms with Crippen LogP contribution >= 0.6 is 0 Å². The lowest BCUT2D eigenvalue weighted by molar-refractivity contribution is -0.293. The van der Waals surface area contributed by atoms with Gasteiger partial charge in [-0.15, -0.1) is 0 Å². The molecule has 0 amide bonds. The molecule has 96 valence electrons. The van der Waals surface area contributed by atoms with Crippen LogP contribution in [0.5, 0.6) is 0 Å². The van der Waals surface area contributed by atoms with Crippen molar-refractivity contribution in [3.8, 4) is 0 Å². The molecule has 1 rings (SSSR count). The molecule has 5 heteroatoms.